The van der Waals surface area contributed by atoms with Crippen LogP contribution in [0.3, 0.4) is 0 Å². The molecule has 92 valence electrons. The van der Waals surface area contributed by atoms with E-state index in [-0.39, 0.29) is 0 Å². The lowest BCUT2D eigenvalue weighted by Gasteiger charge is -2.40. The van der Waals surface area contributed by atoms with Crippen LogP contribution in [-0.2, 0) is 0 Å². The molecule has 0 aromatic rings. The first-order valence-electron chi connectivity index (χ1n) is 6.76. The summed E-state index contributed by atoms with van der Waals surface area (Å²) >= 11 is 0. The van der Waals surface area contributed by atoms with Crippen LogP contribution < -0.4 is 0 Å². The van der Waals surface area contributed by atoms with Crippen molar-refractivity contribution in [3.63, 3.8) is 0 Å². The van der Waals surface area contributed by atoms with Crippen LogP contribution in [0.5, 0.6) is 0 Å². The van der Waals surface area contributed by atoms with Gasteiger partial charge < -0.3 is 5.11 Å². The first-order chi connectivity index (χ1) is 7.38. The molecule has 2 aliphatic carbocycles. The van der Waals surface area contributed by atoms with E-state index in [4.69, 9.17) is 0 Å². The van der Waals surface area contributed by atoms with Gasteiger partial charge in [-0.1, -0.05) is 32.4 Å². The van der Waals surface area contributed by atoms with Gasteiger partial charge in [-0.05, 0) is 56.3 Å². The van der Waals surface area contributed by atoms with Gasteiger partial charge in [-0.15, -0.1) is 0 Å². The topological polar surface area (TPSA) is 20.2 Å². The summed E-state index contributed by atoms with van der Waals surface area (Å²) in [6, 6.07) is 0. The minimum atomic E-state index is -0.410. The molecule has 1 saturated carbocycles. The molecule has 2 rings (SSSR count). The van der Waals surface area contributed by atoms with Crippen molar-refractivity contribution in [3.05, 3.63) is 11.6 Å². The minimum absolute atomic E-state index is 0.344. The maximum absolute atomic E-state index is 10.9. The van der Waals surface area contributed by atoms with E-state index in [0.717, 1.165) is 6.42 Å². The van der Waals surface area contributed by atoms with Crippen LogP contribution in [0.1, 0.15) is 59.8 Å². The Bertz CT molecular complexity index is 305. The van der Waals surface area contributed by atoms with Crippen molar-refractivity contribution in [2.45, 2.75) is 65.4 Å². The summed E-state index contributed by atoms with van der Waals surface area (Å²) in [4.78, 5) is 0. The van der Waals surface area contributed by atoms with Gasteiger partial charge in [0.25, 0.3) is 0 Å². The molecule has 0 spiro atoms. The minimum Gasteiger partial charge on any atom is -0.389 e. The quantitative estimate of drug-likeness (QED) is 0.667. The van der Waals surface area contributed by atoms with Crippen LogP contribution in [0.25, 0.3) is 0 Å². The van der Waals surface area contributed by atoms with Crippen molar-refractivity contribution in [2.75, 3.05) is 0 Å². The predicted octanol–water partition coefficient (Wildman–Crippen LogP) is 3.92. The molecule has 16 heavy (non-hydrogen) atoms. The Morgan fingerprint density at radius 3 is 2.69 bits per heavy atom. The Balaban J connectivity index is 2.29. The Morgan fingerprint density at radius 2 is 2.06 bits per heavy atom. The standard InChI is InChI=1S/C15H26O/c1-11(2)15(16)10-9-14(4)8-7-12(3)5-6-13(14)15/h7,11,13,16H,5-6,8-10H2,1-4H3/t13?,14-,15-/m1/s1. The zero-order chi connectivity index (χ0) is 12.0. The SMILES string of the molecule is CC1=CC[C@]2(C)CC[C@@](O)(C(C)C)C2CC1. The van der Waals surface area contributed by atoms with Crippen molar-refractivity contribution < 1.29 is 5.11 Å². The average Bonchev–Trinajstić information content (AvgIpc) is 2.37. The summed E-state index contributed by atoms with van der Waals surface area (Å²) in [5.41, 5.74) is 1.45. The van der Waals surface area contributed by atoms with E-state index < -0.39 is 5.60 Å². The zero-order valence-corrected chi connectivity index (χ0v) is 11.2. The normalized spacial score (nSPS) is 44.1. The van der Waals surface area contributed by atoms with E-state index in [0.29, 0.717) is 17.3 Å². The second kappa shape index (κ2) is 3.87. The molecule has 1 fully saturated rings. The van der Waals surface area contributed by atoms with Gasteiger partial charge in [0, 0.05) is 0 Å². The summed E-state index contributed by atoms with van der Waals surface area (Å²) in [5, 5.41) is 10.9. The molecule has 0 radical (unpaired) electrons. The molecule has 1 heteroatoms. The van der Waals surface area contributed by atoms with Crippen LogP contribution in [0, 0.1) is 17.3 Å². The van der Waals surface area contributed by atoms with E-state index in [1.165, 1.54) is 31.3 Å². The summed E-state index contributed by atoms with van der Waals surface area (Å²) in [6.07, 6.45) is 8.11. The molecule has 0 aliphatic heterocycles. The van der Waals surface area contributed by atoms with Crippen molar-refractivity contribution in [1.82, 2.24) is 0 Å². The number of fused-ring (bicyclic) bond motifs is 1. The molecular weight excluding hydrogens is 196 g/mol. The number of hydrogen-bond donors (Lipinski definition) is 1. The highest BCUT2D eigenvalue weighted by atomic mass is 16.3. The van der Waals surface area contributed by atoms with Gasteiger partial charge in [-0.3, -0.25) is 0 Å². The van der Waals surface area contributed by atoms with Crippen LogP contribution >= 0.6 is 0 Å². The fraction of sp³-hybridized carbons (Fsp3) is 0.867. The predicted molar refractivity (Wildman–Crippen MR) is 68.2 cm³/mol. The monoisotopic (exact) mass is 222 g/mol. The molecule has 1 N–H and O–H groups in total. The fourth-order valence-corrected chi connectivity index (χ4v) is 3.85. The van der Waals surface area contributed by atoms with Gasteiger partial charge in [0.2, 0.25) is 0 Å². The van der Waals surface area contributed by atoms with Crippen LogP contribution in [0.15, 0.2) is 11.6 Å². The highest BCUT2D eigenvalue weighted by Gasteiger charge is 2.54. The number of aliphatic hydroxyl groups is 1. The number of rotatable bonds is 1. The highest BCUT2D eigenvalue weighted by molar-refractivity contribution is 5.13. The van der Waals surface area contributed by atoms with E-state index in [1.54, 1.807) is 0 Å². The van der Waals surface area contributed by atoms with Gasteiger partial charge in [-0.2, -0.15) is 0 Å². The third-order valence-corrected chi connectivity index (χ3v) is 5.29. The van der Waals surface area contributed by atoms with E-state index in [9.17, 15) is 5.11 Å². The average molecular weight is 222 g/mol. The Morgan fingerprint density at radius 1 is 1.38 bits per heavy atom. The second-order valence-electron chi connectivity index (χ2n) is 6.65. The third kappa shape index (κ3) is 1.73. The first kappa shape index (κ1) is 12.2. The van der Waals surface area contributed by atoms with Gasteiger partial charge in [0.15, 0.2) is 0 Å². The van der Waals surface area contributed by atoms with Gasteiger partial charge in [0.05, 0.1) is 5.60 Å². The second-order valence-corrected chi connectivity index (χ2v) is 6.65. The molecule has 2 aliphatic rings. The van der Waals surface area contributed by atoms with Crippen LogP contribution in [0.2, 0.25) is 0 Å². The highest BCUT2D eigenvalue weighted by Crippen LogP contribution is 2.57. The maximum atomic E-state index is 10.9. The summed E-state index contributed by atoms with van der Waals surface area (Å²) < 4.78 is 0. The van der Waals surface area contributed by atoms with Crippen LogP contribution in [-0.4, -0.2) is 10.7 Å². The molecule has 1 unspecified atom stereocenters. The molecular formula is C15H26O. The smallest absolute Gasteiger partial charge is 0.0704 e. The summed E-state index contributed by atoms with van der Waals surface area (Å²) in [5.74, 6) is 0.881. The van der Waals surface area contributed by atoms with Crippen molar-refractivity contribution >= 4 is 0 Å². The molecule has 0 saturated heterocycles. The maximum Gasteiger partial charge on any atom is 0.0704 e. The Hall–Kier alpha value is -0.300. The molecule has 0 bridgehead atoms. The lowest BCUT2D eigenvalue weighted by atomic mass is 9.69. The first-order valence-corrected chi connectivity index (χ1v) is 6.76. The Kier molecular flexibility index (Phi) is 2.94. The van der Waals surface area contributed by atoms with Gasteiger partial charge in [-0.25, -0.2) is 0 Å². The van der Waals surface area contributed by atoms with Crippen molar-refractivity contribution in [3.8, 4) is 0 Å². The van der Waals surface area contributed by atoms with E-state index in [2.05, 4.69) is 33.8 Å². The zero-order valence-electron chi connectivity index (χ0n) is 11.2. The van der Waals surface area contributed by atoms with E-state index in [1.807, 2.05) is 0 Å². The lowest BCUT2D eigenvalue weighted by Crippen LogP contribution is -2.43. The molecule has 0 aromatic carbocycles. The molecule has 0 aromatic heterocycles. The molecule has 0 amide bonds. The molecule has 3 atom stereocenters. The Labute approximate surface area is 99.9 Å². The third-order valence-electron chi connectivity index (χ3n) is 5.29. The summed E-state index contributed by atoms with van der Waals surface area (Å²) in [6.45, 7) is 8.97. The van der Waals surface area contributed by atoms with Gasteiger partial charge in [0.1, 0.15) is 0 Å². The summed E-state index contributed by atoms with van der Waals surface area (Å²) in [7, 11) is 0. The lowest BCUT2D eigenvalue weighted by molar-refractivity contribution is -0.0631. The van der Waals surface area contributed by atoms with E-state index >= 15 is 0 Å². The van der Waals surface area contributed by atoms with Crippen molar-refractivity contribution in [2.24, 2.45) is 17.3 Å². The number of allylic oxidation sites excluding steroid dienone is 2. The van der Waals surface area contributed by atoms with Gasteiger partial charge >= 0.3 is 0 Å². The molecule has 0 heterocycles. The fourth-order valence-electron chi connectivity index (χ4n) is 3.85. The molecule has 1 nitrogen and oxygen atoms in total. The van der Waals surface area contributed by atoms with Crippen molar-refractivity contribution in [1.29, 1.82) is 0 Å². The number of hydrogen-bond acceptors (Lipinski definition) is 1. The largest absolute Gasteiger partial charge is 0.389 e. The van der Waals surface area contributed by atoms with Crippen LogP contribution in [0.4, 0.5) is 0 Å².